The fourth-order valence-electron chi connectivity index (χ4n) is 1.85. The molecule has 1 rings (SSSR count). The molecule has 0 radical (unpaired) electrons. The van der Waals surface area contributed by atoms with Crippen LogP contribution in [0.4, 0.5) is 0 Å². The maximum absolute atomic E-state index is 11.1. The van der Waals surface area contributed by atoms with Crippen LogP contribution >= 0.6 is 0 Å². The van der Waals surface area contributed by atoms with Crippen LogP contribution in [0.25, 0.3) is 0 Å². The van der Waals surface area contributed by atoms with Crippen LogP contribution in [0.15, 0.2) is 12.5 Å². The first-order valence-corrected chi connectivity index (χ1v) is 7.13. The summed E-state index contributed by atoms with van der Waals surface area (Å²) in [5.41, 5.74) is 1.08. The average molecular weight is 267 g/mol. The molecular weight excluding hydrogens is 242 g/mol. The molecule has 0 unspecified atom stereocenters. The summed E-state index contributed by atoms with van der Waals surface area (Å²) in [6.07, 6.45) is 7.49. The number of aryl methyl sites for hydroxylation is 1. The molecule has 1 aromatic rings. The maximum atomic E-state index is 11.1. The number of nitrogens with zero attached hydrogens (tertiary/aromatic N) is 2. The Morgan fingerprint density at radius 2 is 2.21 bits per heavy atom. The molecule has 0 aliphatic carbocycles. The van der Waals surface area contributed by atoms with Crippen LogP contribution in [0, 0.1) is 0 Å². The van der Waals surface area contributed by atoms with Crippen molar-refractivity contribution in [1.82, 2.24) is 14.9 Å². The number of imidazole rings is 1. The third-order valence-corrected chi connectivity index (χ3v) is 2.85. The van der Waals surface area contributed by atoms with E-state index in [4.69, 9.17) is 4.74 Å². The Labute approximate surface area is 115 Å². The van der Waals surface area contributed by atoms with Gasteiger partial charge in [-0.1, -0.05) is 13.3 Å². The molecule has 0 aliphatic rings. The number of esters is 1. The van der Waals surface area contributed by atoms with Crippen LogP contribution in [-0.4, -0.2) is 28.7 Å². The molecule has 1 aromatic heterocycles. The third kappa shape index (κ3) is 6.96. The van der Waals surface area contributed by atoms with E-state index in [0.717, 1.165) is 44.6 Å². The minimum atomic E-state index is -0.0851. The van der Waals surface area contributed by atoms with Gasteiger partial charge in [-0.15, -0.1) is 0 Å². The summed E-state index contributed by atoms with van der Waals surface area (Å²) in [5.74, 6) is -0.0851. The lowest BCUT2D eigenvalue weighted by Crippen LogP contribution is -2.11. The van der Waals surface area contributed by atoms with Gasteiger partial charge < -0.3 is 14.6 Å². The molecule has 0 atom stereocenters. The highest BCUT2D eigenvalue weighted by molar-refractivity contribution is 5.69. The van der Waals surface area contributed by atoms with Gasteiger partial charge in [0, 0.05) is 25.7 Å². The summed E-state index contributed by atoms with van der Waals surface area (Å²) in [6, 6.07) is 0. The van der Waals surface area contributed by atoms with Crippen molar-refractivity contribution in [1.29, 1.82) is 0 Å². The predicted octanol–water partition coefficient (Wildman–Crippen LogP) is 2.12. The average Bonchev–Trinajstić information content (AvgIpc) is 2.84. The lowest BCUT2D eigenvalue weighted by Gasteiger charge is -2.03. The number of nitrogens with one attached hydrogen (secondary N) is 1. The number of hydrogen-bond acceptors (Lipinski definition) is 4. The van der Waals surface area contributed by atoms with E-state index in [9.17, 15) is 4.79 Å². The van der Waals surface area contributed by atoms with Crippen molar-refractivity contribution in [2.45, 2.75) is 52.6 Å². The monoisotopic (exact) mass is 267 g/mol. The quantitative estimate of drug-likeness (QED) is 0.521. The van der Waals surface area contributed by atoms with Crippen molar-refractivity contribution in [3.05, 3.63) is 18.2 Å². The molecule has 5 heteroatoms. The van der Waals surface area contributed by atoms with Gasteiger partial charge in [-0.2, -0.15) is 0 Å². The first-order chi connectivity index (χ1) is 9.26. The first-order valence-electron chi connectivity index (χ1n) is 7.13. The molecule has 0 aliphatic heterocycles. The summed E-state index contributed by atoms with van der Waals surface area (Å²) >= 11 is 0. The lowest BCUT2D eigenvalue weighted by atomic mass is 10.2. The van der Waals surface area contributed by atoms with Crippen molar-refractivity contribution in [2.75, 3.05) is 13.2 Å². The second-order valence-corrected chi connectivity index (χ2v) is 4.50. The molecule has 0 saturated heterocycles. The minimum absolute atomic E-state index is 0.0851. The fraction of sp³-hybridized carbons (Fsp3) is 0.714. The van der Waals surface area contributed by atoms with E-state index in [2.05, 4.69) is 28.0 Å². The van der Waals surface area contributed by atoms with Gasteiger partial charge in [0.15, 0.2) is 0 Å². The Morgan fingerprint density at radius 1 is 1.37 bits per heavy atom. The van der Waals surface area contributed by atoms with E-state index >= 15 is 0 Å². The molecule has 0 saturated carbocycles. The van der Waals surface area contributed by atoms with Crippen LogP contribution in [-0.2, 0) is 22.6 Å². The Bertz CT molecular complexity index is 363. The molecule has 108 valence electrons. The number of hydrogen-bond donors (Lipinski definition) is 1. The number of ether oxygens (including phenoxy) is 1. The van der Waals surface area contributed by atoms with Crippen molar-refractivity contribution < 1.29 is 9.53 Å². The van der Waals surface area contributed by atoms with Gasteiger partial charge in [-0.05, 0) is 26.3 Å². The Hall–Kier alpha value is -1.36. The molecule has 0 fully saturated rings. The molecule has 0 spiro atoms. The summed E-state index contributed by atoms with van der Waals surface area (Å²) in [5, 5.41) is 3.25. The highest BCUT2D eigenvalue weighted by Crippen LogP contribution is 2.04. The van der Waals surface area contributed by atoms with Gasteiger partial charge in [0.2, 0.25) is 0 Å². The molecule has 1 N–H and O–H groups in total. The van der Waals surface area contributed by atoms with Gasteiger partial charge in [-0.3, -0.25) is 4.79 Å². The maximum Gasteiger partial charge on any atom is 0.305 e. The largest absolute Gasteiger partial charge is 0.466 e. The standard InChI is InChI=1S/C14H25N3O2/c1-3-15-10-13-11-17(12-16-13)9-7-5-6-8-14(18)19-4-2/h11-12,15H,3-10H2,1-2H3. The zero-order valence-electron chi connectivity index (χ0n) is 12.0. The van der Waals surface area contributed by atoms with E-state index in [1.54, 1.807) is 0 Å². The highest BCUT2D eigenvalue weighted by atomic mass is 16.5. The molecular formula is C14H25N3O2. The number of carbonyl (C=O) groups is 1. The predicted molar refractivity (Wildman–Crippen MR) is 74.7 cm³/mol. The lowest BCUT2D eigenvalue weighted by molar-refractivity contribution is -0.143. The van der Waals surface area contributed by atoms with Crippen LogP contribution in [0.3, 0.4) is 0 Å². The summed E-state index contributed by atoms with van der Waals surface area (Å²) in [7, 11) is 0. The Kier molecular flexibility index (Phi) is 7.89. The molecule has 5 nitrogen and oxygen atoms in total. The van der Waals surface area contributed by atoms with E-state index in [0.29, 0.717) is 13.0 Å². The smallest absolute Gasteiger partial charge is 0.305 e. The van der Waals surface area contributed by atoms with E-state index in [1.165, 1.54) is 0 Å². The normalized spacial score (nSPS) is 10.6. The van der Waals surface area contributed by atoms with Crippen molar-refractivity contribution >= 4 is 5.97 Å². The summed E-state index contributed by atoms with van der Waals surface area (Å²) in [6.45, 7) is 7.14. The van der Waals surface area contributed by atoms with Gasteiger partial charge in [0.1, 0.15) is 0 Å². The van der Waals surface area contributed by atoms with E-state index < -0.39 is 0 Å². The first kappa shape index (κ1) is 15.7. The highest BCUT2D eigenvalue weighted by Gasteiger charge is 2.01. The SMILES string of the molecule is CCNCc1cn(CCCCCC(=O)OCC)cn1. The van der Waals surface area contributed by atoms with Crippen LogP contribution in [0.1, 0.15) is 45.2 Å². The Morgan fingerprint density at radius 3 is 2.95 bits per heavy atom. The van der Waals surface area contributed by atoms with Crippen LogP contribution in [0.5, 0.6) is 0 Å². The van der Waals surface area contributed by atoms with Gasteiger partial charge in [0.05, 0.1) is 18.6 Å². The van der Waals surface area contributed by atoms with Gasteiger partial charge in [0.25, 0.3) is 0 Å². The van der Waals surface area contributed by atoms with Gasteiger partial charge in [-0.25, -0.2) is 4.98 Å². The van der Waals surface area contributed by atoms with Crippen molar-refractivity contribution in [2.24, 2.45) is 0 Å². The third-order valence-electron chi connectivity index (χ3n) is 2.85. The van der Waals surface area contributed by atoms with Crippen molar-refractivity contribution in [3.8, 4) is 0 Å². The van der Waals surface area contributed by atoms with Gasteiger partial charge >= 0.3 is 5.97 Å². The molecule has 19 heavy (non-hydrogen) atoms. The second kappa shape index (κ2) is 9.55. The van der Waals surface area contributed by atoms with Crippen molar-refractivity contribution in [3.63, 3.8) is 0 Å². The van der Waals surface area contributed by atoms with Crippen LogP contribution < -0.4 is 5.32 Å². The second-order valence-electron chi connectivity index (χ2n) is 4.50. The molecule has 1 heterocycles. The summed E-state index contributed by atoms with van der Waals surface area (Å²) in [4.78, 5) is 15.5. The number of carbonyl (C=O) groups excluding carboxylic acids is 1. The number of rotatable bonds is 10. The Balaban J connectivity index is 2.09. The zero-order valence-corrected chi connectivity index (χ0v) is 12.0. The number of unbranched alkanes of at least 4 members (excludes halogenated alkanes) is 2. The molecule has 0 amide bonds. The molecule has 0 bridgehead atoms. The number of aromatic nitrogens is 2. The van der Waals surface area contributed by atoms with Crippen LogP contribution in [0.2, 0.25) is 0 Å². The molecule has 0 aromatic carbocycles. The summed E-state index contributed by atoms with van der Waals surface area (Å²) < 4.78 is 6.99. The zero-order chi connectivity index (χ0) is 13.9. The van der Waals surface area contributed by atoms with E-state index in [1.807, 2.05) is 13.3 Å². The fourth-order valence-corrected chi connectivity index (χ4v) is 1.85. The topological polar surface area (TPSA) is 56.2 Å². The minimum Gasteiger partial charge on any atom is -0.466 e. The van der Waals surface area contributed by atoms with E-state index in [-0.39, 0.29) is 5.97 Å².